The molecule has 0 N–H and O–H groups in total. The Balaban J connectivity index is 2.51. The Hall–Kier alpha value is -1.79. The third-order valence-electron chi connectivity index (χ3n) is 3.25. The highest BCUT2D eigenvalue weighted by Crippen LogP contribution is 2.37. The Labute approximate surface area is 134 Å². The van der Waals surface area contributed by atoms with E-state index in [0.29, 0.717) is 11.3 Å². The van der Waals surface area contributed by atoms with Gasteiger partial charge in [0, 0.05) is 10.0 Å². The third-order valence-corrected chi connectivity index (χ3v) is 3.91. The van der Waals surface area contributed by atoms with E-state index in [1.165, 1.54) is 5.56 Å². The Morgan fingerprint density at radius 1 is 1.10 bits per heavy atom. The van der Waals surface area contributed by atoms with Gasteiger partial charge < -0.3 is 4.74 Å². The number of nitrogens with zero attached hydrogens (tertiary/aromatic N) is 1. The molecule has 3 heteroatoms. The first-order valence-corrected chi connectivity index (χ1v) is 7.60. The lowest BCUT2D eigenvalue weighted by molar-refractivity contribution is 0.453. The minimum atomic E-state index is -0.0276. The molecule has 0 spiro atoms. The second kappa shape index (κ2) is 5.91. The van der Waals surface area contributed by atoms with E-state index in [-0.39, 0.29) is 5.41 Å². The van der Waals surface area contributed by atoms with Crippen LogP contribution in [0.3, 0.4) is 0 Å². The first-order chi connectivity index (χ1) is 9.82. The molecular formula is C18H18BrNO. The molecule has 0 unspecified atom stereocenters. The molecule has 0 saturated carbocycles. The summed E-state index contributed by atoms with van der Waals surface area (Å²) in [6.45, 7) is 8.53. The molecule has 0 heterocycles. The molecule has 0 saturated heterocycles. The number of ether oxygens (including phenoxy) is 1. The Morgan fingerprint density at radius 3 is 2.43 bits per heavy atom. The predicted molar refractivity (Wildman–Crippen MR) is 88.8 cm³/mol. The molecular weight excluding hydrogens is 326 g/mol. The minimum Gasteiger partial charge on any atom is -0.456 e. The SMILES string of the molecule is Cc1ccc(Oc2cccc(Br)c2C#N)c(C(C)(C)C)c1. The van der Waals surface area contributed by atoms with Gasteiger partial charge in [-0.1, -0.05) is 44.5 Å². The molecule has 0 fully saturated rings. The summed E-state index contributed by atoms with van der Waals surface area (Å²) in [6.07, 6.45) is 0. The van der Waals surface area contributed by atoms with Gasteiger partial charge in [0.25, 0.3) is 0 Å². The molecule has 2 aromatic carbocycles. The third kappa shape index (κ3) is 3.46. The van der Waals surface area contributed by atoms with Crippen LogP contribution in [0, 0.1) is 18.3 Å². The van der Waals surface area contributed by atoms with Gasteiger partial charge in [0.2, 0.25) is 0 Å². The summed E-state index contributed by atoms with van der Waals surface area (Å²) in [5.41, 5.74) is 2.81. The lowest BCUT2D eigenvalue weighted by Gasteiger charge is -2.23. The predicted octanol–water partition coefficient (Wildman–Crippen LogP) is 5.72. The lowest BCUT2D eigenvalue weighted by Crippen LogP contribution is -2.13. The number of nitriles is 1. The second-order valence-corrected chi connectivity index (χ2v) is 6.93. The van der Waals surface area contributed by atoms with Crippen LogP contribution in [-0.4, -0.2) is 0 Å². The van der Waals surface area contributed by atoms with Gasteiger partial charge in [-0.2, -0.15) is 5.26 Å². The van der Waals surface area contributed by atoms with E-state index in [0.717, 1.165) is 15.8 Å². The largest absolute Gasteiger partial charge is 0.456 e. The standard InChI is InChI=1S/C18H18BrNO/c1-12-8-9-17(14(10-12)18(2,3)4)21-16-7-5-6-15(19)13(16)11-20/h5-10H,1-4H3. The molecule has 0 aliphatic rings. The van der Waals surface area contributed by atoms with E-state index in [9.17, 15) is 5.26 Å². The highest BCUT2D eigenvalue weighted by Gasteiger charge is 2.20. The van der Waals surface area contributed by atoms with Crippen LogP contribution >= 0.6 is 15.9 Å². The smallest absolute Gasteiger partial charge is 0.146 e. The van der Waals surface area contributed by atoms with Crippen molar-refractivity contribution in [2.45, 2.75) is 33.1 Å². The van der Waals surface area contributed by atoms with Crippen molar-refractivity contribution in [3.8, 4) is 17.6 Å². The van der Waals surface area contributed by atoms with Gasteiger partial charge in [-0.25, -0.2) is 0 Å². The van der Waals surface area contributed by atoms with Gasteiger partial charge in [0.15, 0.2) is 0 Å². The van der Waals surface area contributed by atoms with E-state index in [4.69, 9.17) is 4.74 Å². The van der Waals surface area contributed by atoms with Crippen molar-refractivity contribution >= 4 is 15.9 Å². The van der Waals surface area contributed by atoms with Crippen LogP contribution in [0.2, 0.25) is 0 Å². The number of halogens is 1. The molecule has 0 aliphatic carbocycles. The molecule has 2 nitrogen and oxygen atoms in total. The zero-order valence-corrected chi connectivity index (χ0v) is 14.3. The van der Waals surface area contributed by atoms with E-state index in [1.807, 2.05) is 30.3 Å². The highest BCUT2D eigenvalue weighted by molar-refractivity contribution is 9.10. The molecule has 0 aliphatic heterocycles. The first kappa shape index (κ1) is 15.6. The van der Waals surface area contributed by atoms with E-state index in [2.05, 4.69) is 55.8 Å². The summed E-state index contributed by atoms with van der Waals surface area (Å²) in [5, 5.41) is 9.29. The van der Waals surface area contributed by atoms with Gasteiger partial charge >= 0.3 is 0 Å². The highest BCUT2D eigenvalue weighted by atomic mass is 79.9. The molecule has 0 atom stereocenters. The molecule has 0 radical (unpaired) electrons. The van der Waals surface area contributed by atoms with Gasteiger partial charge in [-0.05, 0) is 46.5 Å². The molecule has 2 aromatic rings. The van der Waals surface area contributed by atoms with Crippen molar-refractivity contribution in [1.29, 1.82) is 5.26 Å². The summed E-state index contributed by atoms with van der Waals surface area (Å²) >= 11 is 3.39. The van der Waals surface area contributed by atoms with Crippen molar-refractivity contribution in [2.24, 2.45) is 0 Å². The number of hydrogen-bond donors (Lipinski definition) is 0. The van der Waals surface area contributed by atoms with Crippen LogP contribution in [0.5, 0.6) is 11.5 Å². The molecule has 0 aromatic heterocycles. The van der Waals surface area contributed by atoms with Crippen LogP contribution in [0.25, 0.3) is 0 Å². The fourth-order valence-corrected chi connectivity index (χ4v) is 2.57. The average molecular weight is 344 g/mol. The van der Waals surface area contributed by atoms with Crippen LogP contribution in [0.4, 0.5) is 0 Å². The average Bonchev–Trinajstić information content (AvgIpc) is 2.40. The summed E-state index contributed by atoms with van der Waals surface area (Å²) < 4.78 is 6.78. The minimum absolute atomic E-state index is 0.0276. The Kier molecular flexibility index (Phi) is 4.39. The van der Waals surface area contributed by atoms with Gasteiger partial charge in [-0.15, -0.1) is 0 Å². The van der Waals surface area contributed by atoms with E-state index >= 15 is 0 Å². The van der Waals surface area contributed by atoms with Crippen molar-refractivity contribution < 1.29 is 4.74 Å². The van der Waals surface area contributed by atoms with Crippen molar-refractivity contribution in [3.63, 3.8) is 0 Å². The molecule has 0 amide bonds. The van der Waals surface area contributed by atoms with Crippen molar-refractivity contribution in [3.05, 3.63) is 57.6 Å². The van der Waals surface area contributed by atoms with Crippen LogP contribution in [0.15, 0.2) is 40.9 Å². The zero-order valence-electron chi connectivity index (χ0n) is 12.7. The van der Waals surface area contributed by atoms with Gasteiger partial charge in [0.1, 0.15) is 23.1 Å². The van der Waals surface area contributed by atoms with Crippen molar-refractivity contribution in [2.75, 3.05) is 0 Å². The quantitative estimate of drug-likeness (QED) is 0.698. The summed E-state index contributed by atoms with van der Waals surface area (Å²) in [6, 6.07) is 13.8. The second-order valence-electron chi connectivity index (χ2n) is 6.08. The number of hydrogen-bond acceptors (Lipinski definition) is 2. The summed E-state index contributed by atoms with van der Waals surface area (Å²) in [7, 11) is 0. The van der Waals surface area contributed by atoms with Crippen LogP contribution in [-0.2, 0) is 5.41 Å². The van der Waals surface area contributed by atoms with Crippen molar-refractivity contribution in [1.82, 2.24) is 0 Å². The maximum absolute atomic E-state index is 9.29. The van der Waals surface area contributed by atoms with E-state index < -0.39 is 0 Å². The molecule has 0 bridgehead atoms. The molecule has 2 rings (SSSR count). The fraction of sp³-hybridized carbons (Fsp3) is 0.278. The van der Waals surface area contributed by atoms with Gasteiger partial charge in [-0.3, -0.25) is 0 Å². The normalized spacial score (nSPS) is 11.0. The maximum Gasteiger partial charge on any atom is 0.146 e. The molecule has 108 valence electrons. The monoisotopic (exact) mass is 343 g/mol. The number of aryl methyl sites for hydroxylation is 1. The summed E-state index contributed by atoms with van der Waals surface area (Å²) in [5.74, 6) is 1.36. The van der Waals surface area contributed by atoms with Gasteiger partial charge in [0.05, 0.1) is 0 Å². The first-order valence-electron chi connectivity index (χ1n) is 6.80. The molecule has 21 heavy (non-hydrogen) atoms. The summed E-state index contributed by atoms with van der Waals surface area (Å²) in [4.78, 5) is 0. The Bertz CT molecular complexity index is 708. The lowest BCUT2D eigenvalue weighted by atomic mass is 9.85. The number of rotatable bonds is 2. The number of benzene rings is 2. The van der Waals surface area contributed by atoms with Crippen LogP contribution < -0.4 is 4.74 Å². The fourth-order valence-electron chi connectivity index (χ4n) is 2.14. The van der Waals surface area contributed by atoms with E-state index in [1.54, 1.807) is 0 Å². The maximum atomic E-state index is 9.29. The topological polar surface area (TPSA) is 33.0 Å². The zero-order chi connectivity index (χ0) is 15.6. The Morgan fingerprint density at radius 2 is 1.81 bits per heavy atom. The van der Waals surface area contributed by atoms with Crippen LogP contribution in [0.1, 0.15) is 37.5 Å².